The van der Waals surface area contributed by atoms with Crippen molar-refractivity contribution >= 4 is 0 Å². The summed E-state index contributed by atoms with van der Waals surface area (Å²) >= 11 is 0. The van der Waals surface area contributed by atoms with Crippen molar-refractivity contribution < 1.29 is 85.0 Å². The lowest BCUT2D eigenvalue weighted by atomic mass is 9.95. The van der Waals surface area contributed by atoms with Gasteiger partial charge < -0.3 is 85.0 Å². The summed E-state index contributed by atoms with van der Waals surface area (Å²) in [6.45, 7) is -4.80. The third-order valence-electron chi connectivity index (χ3n) is 6.38. The minimum atomic E-state index is -3.38. The van der Waals surface area contributed by atoms with Gasteiger partial charge in [-0.1, -0.05) is 0 Å². The fourth-order valence-corrected chi connectivity index (χ4v) is 4.16. The van der Waals surface area contributed by atoms with Gasteiger partial charge in [-0.05, 0) is 0 Å². The summed E-state index contributed by atoms with van der Waals surface area (Å²) in [4.78, 5) is 0. The standard InChI is InChI=1S/C18H32O17/c19-1-6-9(23)14(28)18(29,30)15(32-6)35-17(13(27)11(25)8(3-21)34-17)5-31-16(4-22)12(26)10(24)7(2-20)33-16/h6-15,19-30H,1-5H2/t6?,7-,8-,9-,10+,11+,12?,13?,14-,15+,16-,17+/m1/s1. The average Bonchev–Trinajstić information content (AvgIpc) is 3.23. The fourth-order valence-electron chi connectivity index (χ4n) is 4.16. The first-order chi connectivity index (χ1) is 16.3. The molecule has 12 atom stereocenters. The maximum atomic E-state index is 10.7. The third-order valence-corrected chi connectivity index (χ3v) is 6.38. The van der Waals surface area contributed by atoms with Crippen LogP contribution < -0.4 is 0 Å². The van der Waals surface area contributed by atoms with Crippen LogP contribution in [0.4, 0.5) is 0 Å². The molecular formula is C18H32O17. The highest BCUT2D eigenvalue weighted by atomic mass is 16.8. The maximum absolute atomic E-state index is 10.7. The molecule has 0 spiro atoms. The third kappa shape index (κ3) is 4.82. The second kappa shape index (κ2) is 10.6. The van der Waals surface area contributed by atoms with Crippen LogP contribution in [0.15, 0.2) is 0 Å². The van der Waals surface area contributed by atoms with Gasteiger partial charge in [0.15, 0.2) is 0 Å². The molecule has 0 amide bonds. The number of rotatable bonds is 9. The number of hydrogen-bond acceptors (Lipinski definition) is 17. The van der Waals surface area contributed by atoms with E-state index in [2.05, 4.69) is 0 Å². The molecule has 3 heterocycles. The largest absolute Gasteiger partial charge is 0.394 e. The van der Waals surface area contributed by atoms with Crippen molar-refractivity contribution in [2.75, 3.05) is 33.0 Å². The first kappa shape index (κ1) is 28.9. The van der Waals surface area contributed by atoms with Crippen molar-refractivity contribution in [3.63, 3.8) is 0 Å². The van der Waals surface area contributed by atoms with Crippen LogP contribution in [0, 0.1) is 0 Å². The van der Waals surface area contributed by atoms with Gasteiger partial charge in [0.2, 0.25) is 23.7 Å². The van der Waals surface area contributed by atoms with E-state index >= 15 is 0 Å². The van der Waals surface area contributed by atoms with E-state index in [4.69, 9.17) is 23.7 Å². The smallest absolute Gasteiger partial charge is 0.245 e. The van der Waals surface area contributed by atoms with Crippen LogP contribution in [0.3, 0.4) is 0 Å². The predicted molar refractivity (Wildman–Crippen MR) is 102 cm³/mol. The van der Waals surface area contributed by atoms with Crippen LogP contribution in [-0.2, 0) is 23.7 Å². The van der Waals surface area contributed by atoms with Gasteiger partial charge in [-0.25, -0.2) is 0 Å². The highest BCUT2D eigenvalue weighted by Gasteiger charge is 2.64. The monoisotopic (exact) mass is 520 g/mol. The molecule has 12 N–H and O–H groups in total. The SMILES string of the molecule is OCC1O[C@@H](O[C@]2(CO[C@]3(CO)O[C@H](CO)[C@H](O)C3O)O[C@H](CO)[C@H](O)C2O)C(O)(O)[C@H](O)[C@@H]1O. The van der Waals surface area contributed by atoms with Gasteiger partial charge in [-0.3, -0.25) is 0 Å². The van der Waals surface area contributed by atoms with Crippen LogP contribution in [0.2, 0.25) is 0 Å². The van der Waals surface area contributed by atoms with Crippen molar-refractivity contribution in [3.05, 3.63) is 0 Å². The van der Waals surface area contributed by atoms with Crippen LogP contribution in [0.1, 0.15) is 0 Å². The molecule has 17 nitrogen and oxygen atoms in total. The van der Waals surface area contributed by atoms with E-state index in [1.54, 1.807) is 0 Å². The number of aliphatic hydroxyl groups excluding tert-OH is 10. The summed E-state index contributed by atoms with van der Waals surface area (Å²) in [7, 11) is 0. The molecule has 0 aliphatic carbocycles. The fraction of sp³-hybridized carbons (Fsp3) is 1.00. The highest BCUT2D eigenvalue weighted by Crippen LogP contribution is 2.41. The lowest BCUT2D eigenvalue weighted by Crippen LogP contribution is -2.69. The van der Waals surface area contributed by atoms with Crippen LogP contribution in [0.25, 0.3) is 0 Å². The molecule has 3 aliphatic heterocycles. The Morgan fingerprint density at radius 2 is 1.09 bits per heavy atom. The molecule has 17 heteroatoms. The maximum Gasteiger partial charge on any atom is 0.245 e. The van der Waals surface area contributed by atoms with Gasteiger partial charge in [-0.15, -0.1) is 0 Å². The van der Waals surface area contributed by atoms with E-state index in [1.165, 1.54) is 0 Å². The molecule has 3 saturated heterocycles. The molecule has 0 bridgehead atoms. The molecule has 0 aromatic rings. The van der Waals surface area contributed by atoms with Gasteiger partial charge in [-0.2, -0.15) is 0 Å². The summed E-state index contributed by atoms with van der Waals surface area (Å²) in [5, 5.41) is 120. The Balaban J connectivity index is 1.92. The summed E-state index contributed by atoms with van der Waals surface area (Å²) in [5.41, 5.74) is 0. The van der Waals surface area contributed by atoms with E-state index in [1.807, 2.05) is 0 Å². The van der Waals surface area contributed by atoms with E-state index in [0.717, 1.165) is 0 Å². The van der Waals surface area contributed by atoms with Gasteiger partial charge in [0, 0.05) is 0 Å². The molecular weight excluding hydrogens is 488 g/mol. The first-order valence-electron chi connectivity index (χ1n) is 10.6. The van der Waals surface area contributed by atoms with Crippen molar-refractivity contribution in [2.45, 2.75) is 78.6 Å². The van der Waals surface area contributed by atoms with Crippen molar-refractivity contribution in [1.29, 1.82) is 0 Å². The Hall–Kier alpha value is -0.680. The van der Waals surface area contributed by atoms with E-state index in [9.17, 15) is 61.3 Å². The molecule has 3 fully saturated rings. The zero-order chi connectivity index (χ0) is 26.3. The summed E-state index contributed by atoms with van der Waals surface area (Å²) < 4.78 is 26.5. The molecule has 35 heavy (non-hydrogen) atoms. The van der Waals surface area contributed by atoms with Crippen LogP contribution in [-0.4, -0.2) is 173 Å². The second-order valence-electron chi connectivity index (χ2n) is 8.64. The number of hydrogen-bond donors (Lipinski definition) is 12. The summed E-state index contributed by atoms with van der Waals surface area (Å²) in [5.74, 6) is -8.47. The molecule has 0 saturated carbocycles. The minimum Gasteiger partial charge on any atom is -0.394 e. The first-order valence-corrected chi connectivity index (χ1v) is 10.6. The minimum absolute atomic E-state index is 0.786. The van der Waals surface area contributed by atoms with Crippen molar-refractivity contribution in [3.8, 4) is 0 Å². The molecule has 0 radical (unpaired) electrons. The normalized spacial score (nSPS) is 50.1. The Morgan fingerprint density at radius 1 is 0.629 bits per heavy atom. The zero-order valence-electron chi connectivity index (χ0n) is 18.2. The van der Waals surface area contributed by atoms with Crippen molar-refractivity contribution in [1.82, 2.24) is 0 Å². The molecule has 206 valence electrons. The topological polar surface area (TPSA) is 289 Å². The molecule has 3 unspecified atom stereocenters. The Labute approximate surface area is 197 Å². The quantitative estimate of drug-likeness (QED) is 0.126. The molecule has 0 aromatic carbocycles. The summed E-state index contributed by atoms with van der Waals surface area (Å²) in [6.07, 6.45) is -18.9. The lowest BCUT2D eigenvalue weighted by Gasteiger charge is -2.47. The Bertz CT molecular complexity index is 711. The van der Waals surface area contributed by atoms with Gasteiger partial charge in [0.05, 0.1) is 19.8 Å². The van der Waals surface area contributed by atoms with E-state index in [-0.39, 0.29) is 0 Å². The number of ether oxygens (including phenoxy) is 5. The Kier molecular flexibility index (Phi) is 8.74. The average molecular weight is 520 g/mol. The van der Waals surface area contributed by atoms with Crippen LogP contribution in [0.5, 0.6) is 0 Å². The molecule has 0 aromatic heterocycles. The lowest BCUT2D eigenvalue weighted by molar-refractivity contribution is -0.453. The van der Waals surface area contributed by atoms with Gasteiger partial charge in [0.1, 0.15) is 68.1 Å². The van der Waals surface area contributed by atoms with E-state index in [0.29, 0.717) is 0 Å². The van der Waals surface area contributed by atoms with E-state index < -0.39 is 112 Å². The Morgan fingerprint density at radius 3 is 1.54 bits per heavy atom. The zero-order valence-corrected chi connectivity index (χ0v) is 18.2. The van der Waals surface area contributed by atoms with Gasteiger partial charge >= 0.3 is 0 Å². The highest BCUT2D eigenvalue weighted by molar-refractivity contribution is 5.02. The predicted octanol–water partition coefficient (Wildman–Crippen LogP) is -8.25. The summed E-state index contributed by atoms with van der Waals surface area (Å²) in [6, 6.07) is 0. The second-order valence-corrected chi connectivity index (χ2v) is 8.64. The van der Waals surface area contributed by atoms with Crippen molar-refractivity contribution in [2.24, 2.45) is 0 Å². The molecule has 3 rings (SSSR count). The van der Waals surface area contributed by atoms with Crippen LogP contribution >= 0.6 is 0 Å². The van der Waals surface area contributed by atoms with Gasteiger partial charge in [0.25, 0.3) is 0 Å². The number of aliphatic hydroxyl groups is 12. The molecule has 3 aliphatic rings.